The summed E-state index contributed by atoms with van der Waals surface area (Å²) in [4.78, 5) is 11.8. The van der Waals surface area contributed by atoms with Gasteiger partial charge in [-0.3, -0.25) is 4.79 Å². The Balaban J connectivity index is 2.14. The molecule has 0 spiro atoms. The van der Waals surface area contributed by atoms with E-state index >= 15 is 0 Å². The van der Waals surface area contributed by atoms with Crippen molar-refractivity contribution in [3.05, 3.63) is 20.8 Å². The fourth-order valence-corrected chi connectivity index (χ4v) is 2.55. The van der Waals surface area contributed by atoms with Gasteiger partial charge in [0.05, 0.1) is 9.70 Å². The fraction of sp³-hybridized carbons (Fsp3) is 0.500. The highest BCUT2D eigenvalue weighted by Gasteiger charge is 2.09. The van der Waals surface area contributed by atoms with Gasteiger partial charge in [-0.05, 0) is 41.0 Å². The molecule has 0 aromatic carbocycles. The van der Waals surface area contributed by atoms with Gasteiger partial charge in [-0.25, -0.2) is 0 Å². The maximum atomic E-state index is 10.5. The normalized spacial score (nSPS) is 12.7. The molecule has 15 heavy (non-hydrogen) atoms. The Bertz CT molecular complexity index is 327. The van der Waals surface area contributed by atoms with Crippen molar-refractivity contribution in [3.8, 4) is 0 Å². The van der Waals surface area contributed by atoms with Gasteiger partial charge < -0.3 is 10.4 Å². The molecule has 0 fully saturated rings. The van der Waals surface area contributed by atoms with Gasteiger partial charge in [-0.1, -0.05) is 6.92 Å². The standard InChI is InChI=1S/C10H14BrNO2S/c1-7(10(13)14)4-5-12-6-8-2-3-9(11)15-8/h2-3,7,12H,4-6H2,1H3,(H,13,14). The Hall–Kier alpha value is -0.390. The third-order valence-electron chi connectivity index (χ3n) is 2.10. The molecule has 1 aromatic rings. The summed E-state index contributed by atoms with van der Waals surface area (Å²) in [7, 11) is 0. The predicted octanol–water partition coefficient (Wildman–Crippen LogP) is 2.71. The molecular weight excluding hydrogens is 278 g/mol. The van der Waals surface area contributed by atoms with Crippen LogP contribution in [0.4, 0.5) is 0 Å². The van der Waals surface area contributed by atoms with Crippen LogP contribution in [0.2, 0.25) is 0 Å². The number of halogens is 1. The zero-order chi connectivity index (χ0) is 11.3. The number of hydrogen-bond donors (Lipinski definition) is 2. The molecule has 0 bridgehead atoms. The number of thiophene rings is 1. The summed E-state index contributed by atoms with van der Waals surface area (Å²) < 4.78 is 1.12. The number of hydrogen-bond acceptors (Lipinski definition) is 3. The molecule has 0 saturated carbocycles. The van der Waals surface area contributed by atoms with Crippen LogP contribution >= 0.6 is 27.3 Å². The molecule has 0 aliphatic heterocycles. The average Bonchev–Trinajstić information content (AvgIpc) is 2.58. The maximum absolute atomic E-state index is 10.5. The minimum Gasteiger partial charge on any atom is -0.481 e. The van der Waals surface area contributed by atoms with E-state index in [-0.39, 0.29) is 5.92 Å². The van der Waals surface area contributed by atoms with Crippen molar-refractivity contribution in [2.45, 2.75) is 19.9 Å². The van der Waals surface area contributed by atoms with Gasteiger partial charge in [-0.15, -0.1) is 11.3 Å². The van der Waals surface area contributed by atoms with Crippen molar-refractivity contribution in [2.24, 2.45) is 5.92 Å². The molecule has 1 heterocycles. The zero-order valence-electron chi connectivity index (χ0n) is 8.50. The number of aliphatic carboxylic acids is 1. The summed E-state index contributed by atoms with van der Waals surface area (Å²) in [6.07, 6.45) is 0.669. The number of rotatable bonds is 6. The third kappa shape index (κ3) is 4.77. The largest absolute Gasteiger partial charge is 0.481 e. The van der Waals surface area contributed by atoms with Gasteiger partial charge in [0.1, 0.15) is 0 Å². The highest BCUT2D eigenvalue weighted by molar-refractivity contribution is 9.11. The van der Waals surface area contributed by atoms with Crippen LogP contribution in [0.5, 0.6) is 0 Å². The van der Waals surface area contributed by atoms with Gasteiger partial charge in [0, 0.05) is 11.4 Å². The van der Waals surface area contributed by atoms with Crippen molar-refractivity contribution < 1.29 is 9.90 Å². The number of nitrogens with one attached hydrogen (secondary N) is 1. The summed E-state index contributed by atoms with van der Waals surface area (Å²) in [5, 5.41) is 11.9. The summed E-state index contributed by atoms with van der Waals surface area (Å²) in [5.74, 6) is -0.997. The van der Waals surface area contributed by atoms with E-state index in [1.165, 1.54) is 4.88 Å². The first kappa shape index (κ1) is 12.7. The number of carbonyl (C=O) groups is 1. The first-order chi connectivity index (χ1) is 7.09. The molecule has 0 aliphatic rings. The van der Waals surface area contributed by atoms with Gasteiger partial charge >= 0.3 is 5.97 Å². The Morgan fingerprint density at radius 1 is 1.67 bits per heavy atom. The van der Waals surface area contributed by atoms with Crippen LogP contribution in [-0.4, -0.2) is 17.6 Å². The van der Waals surface area contributed by atoms with Crippen LogP contribution in [0.1, 0.15) is 18.2 Å². The van der Waals surface area contributed by atoms with Crippen molar-refractivity contribution >= 4 is 33.2 Å². The molecule has 0 amide bonds. The second-order valence-electron chi connectivity index (χ2n) is 3.41. The second-order valence-corrected chi connectivity index (χ2v) is 5.96. The van der Waals surface area contributed by atoms with Crippen molar-refractivity contribution in [1.82, 2.24) is 5.32 Å². The Labute approximate surface area is 102 Å². The Morgan fingerprint density at radius 3 is 2.93 bits per heavy atom. The molecule has 3 nitrogen and oxygen atoms in total. The van der Waals surface area contributed by atoms with Crippen LogP contribution in [0, 0.1) is 5.92 Å². The van der Waals surface area contributed by atoms with E-state index in [0.717, 1.165) is 16.9 Å². The first-order valence-electron chi connectivity index (χ1n) is 4.77. The topological polar surface area (TPSA) is 49.3 Å². The minimum absolute atomic E-state index is 0.271. The van der Waals surface area contributed by atoms with E-state index in [1.54, 1.807) is 18.3 Å². The van der Waals surface area contributed by atoms with Crippen molar-refractivity contribution in [2.75, 3.05) is 6.54 Å². The van der Waals surface area contributed by atoms with Crippen LogP contribution in [-0.2, 0) is 11.3 Å². The second kappa shape index (κ2) is 6.25. The quantitative estimate of drug-likeness (QED) is 0.793. The molecule has 84 valence electrons. The lowest BCUT2D eigenvalue weighted by molar-refractivity contribution is -0.141. The fourth-order valence-electron chi connectivity index (χ4n) is 1.10. The third-order valence-corrected chi connectivity index (χ3v) is 3.73. The molecule has 0 saturated heterocycles. The van der Waals surface area contributed by atoms with E-state index in [0.29, 0.717) is 6.42 Å². The molecule has 1 aromatic heterocycles. The lowest BCUT2D eigenvalue weighted by Gasteiger charge is -2.06. The van der Waals surface area contributed by atoms with Crippen LogP contribution in [0.15, 0.2) is 15.9 Å². The van der Waals surface area contributed by atoms with E-state index in [1.807, 2.05) is 6.07 Å². The lowest BCUT2D eigenvalue weighted by atomic mass is 10.1. The van der Waals surface area contributed by atoms with Gasteiger partial charge in [0.15, 0.2) is 0 Å². The zero-order valence-corrected chi connectivity index (χ0v) is 10.9. The summed E-state index contributed by atoms with van der Waals surface area (Å²) in [6.45, 7) is 3.28. The van der Waals surface area contributed by atoms with Gasteiger partial charge in [-0.2, -0.15) is 0 Å². The van der Waals surface area contributed by atoms with Crippen molar-refractivity contribution in [1.29, 1.82) is 0 Å². The number of carboxylic acids is 1. The predicted molar refractivity (Wildman–Crippen MR) is 65.1 cm³/mol. The van der Waals surface area contributed by atoms with E-state index in [9.17, 15) is 4.79 Å². The molecular formula is C10H14BrNO2S. The monoisotopic (exact) mass is 291 g/mol. The maximum Gasteiger partial charge on any atom is 0.306 e. The SMILES string of the molecule is CC(CCNCc1ccc(Br)s1)C(=O)O. The van der Waals surface area contributed by atoms with Crippen LogP contribution in [0.25, 0.3) is 0 Å². The highest BCUT2D eigenvalue weighted by Crippen LogP contribution is 2.21. The molecule has 0 radical (unpaired) electrons. The van der Waals surface area contributed by atoms with Gasteiger partial charge in [0.2, 0.25) is 0 Å². The number of carboxylic acid groups (broad SMARTS) is 1. The highest BCUT2D eigenvalue weighted by atomic mass is 79.9. The molecule has 1 unspecified atom stereocenters. The summed E-state index contributed by atoms with van der Waals surface area (Å²) in [6, 6.07) is 4.07. The molecule has 1 atom stereocenters. The Kier molecular flexibility index (Phi) is 5.28. The summed E-state index contributed by atoms with van der Waals surface area (Å²) in [5.41, 5.74) is 0. The average molecular weight is 292 g/mol. The van der Waals surface area contributed by atoms with Crippen molar-refractivity contribution in [3.63, 3.8) is 0 Å². The van der Waals surface area contributed by atoms with Gasteiger partial charge in [0.25, 0.3) is 0 Å². The lowest BCUT2D eigenvalue weighted by Crippen LogP contribution is -2.19. The van der Waals surface area contributed by atoms with E-state index < -0.39 is 5.97 Å². The van der Waals surface area contributed by atoms with E-state index in [2.05, 4.69) is 27.3 Å². The Morgan fingerprint density at radius 2 is 2.40 bits per heavy atom. The first-order valence-corrected chi connectivity index (χ1v) is 6.38. The minimum atomic E-state index is -0.726. The van der Waals surface area contributed by atoms with Crippen LogP contribution in [0.3, 0.4) is 0 Å². The molecule has 0 aliphatic carbocycles. The smallest absolute Gasteiger partial charge is 0.306 e. The molecule has 2 N–H and O–H groups in total. The van der Waals surface area contributed by atoms with Crippen LogP contribution < -0.4 is 5.32 Å². The molecule has 1 rings (SSSR count). The molecule has 5 heteroatoms. The van der Waals surface area contributed by atoms with E-state index in [4.69, 9.17) is 5.11 Å². The summed E-state index contributed by atoms with van der Waals surface area (Å²) >= 11 is 5.09.